The second-order valence-electron chi connectivity index (χ2n) is 8.19. The first kappa shape index (κ1) is 17.7. The van der Waals surface area contributed by atoms with E-state index in [1.807, 2.05) is 10.7 Å². The molecule has 1 aliphatic rings. The van der Waals surface area contributed by atoms with E-state index in [2.05, 4.69) is 52.4 Å². The van der Waals surface area contributed by atoms with E-state index >= 15 is 0 Å². The van der Waals surface area contributed by atoms with Crippen molar-refractivity contribution in [2.75, 3.05) is 6.61 Å². The van der Waals surface area contributed by atoms with Gasteiger partial charge >= 0.3 is 7.12 Å². The Hall–Kier alpha value is -0.628. The van der Waals surface area contributed by atoms with Crippen LogP contribution in [0.4, 0.5) is 0 Å². The maximum Gasteiger partial charge on any atom is 0.514 e. The third kappa shape index (κ3) is 4.01. The maximum absolute atomic E-state index is 6.08. The fraction of sp³-hybridized carbons (Fsp3) is 0.800. The van der Waals surface area contributed by atoms with Crippen LogP contribution in [0.1, 0.15) is 27.7 Å². The number of hydrogen-bond acceptors (Lipinski definition) is 4. The van der Waals surface area contributed by atoms with E-state index in [4.69, 9.17) is 14.0 Å². The van der Waals surface area contributed by atoms with Gasteiger partial charge in [-0.25, -0.2) is 4.68 Å². The monoisotopic (exact) mass is 324 g/mol. The molecular formula is C15H29BN2O3Si. The highest BCUT2D eigenvalue weighted by molar-refractivity contribution is 6.76. The van der Waals surface area contributed by atoms with Crippen LogP contribution in [0.5, 0.6) is 0 Å². The molecule has 0 saturated carbocycles. The Morgan fingerprint density at radius 2 is 1.77 bits per heavy atom. The number of hydrogen-bond donors (Lipinski definition) is 0. The quantitative estimate of drug-likeness (QED) is 0.596. The molecule has 1 aromatic heterocycles. The van der Waals surface area contributed by atoms with Gasteiger partial charge in [0.1, 0.15) is 6.73 Å². The van der Waals surface area contributed by atoms with Crippen LogP contribution in [0.15, 0.2) is 12.3 Å². The molecule has 7 heteroatoms. The van der Waals surface area contributed by atoms with Crippen LogP contribution in [0.25, 0.3) is 0 Å². The van der Waals surface area contributed by atoms with Gasteiger partial charge in [-0.15, -0.1) is 0 Å². The molecule has 1 saturated heterocycles. The summed E-state index contributed by atoms with van der Waals surface area (Å²) in [6.45, 7) is 16.5. The topological polar surface area (TPSA) is 45.5 Å². The van der Waals surface area contributed by atoms with Crippen molar-refractivity contribution < 1.29 is 14.0 Å². The number of nitrogens with zero attached hydrogens (tertiary/aromatic N) is 2. The molecule has 0 aliphatic carbocycles. The van der Waals surface area contributed by atoms with Gasteiger partial charge in [0, 0.05) is 20.9 Å². The molecule has 0 radical (unpaired) electrons. The predicted molar refractivity (Wildman–Crippen MR) is 92.0 cm³/mol. The molecule has 124 valence electrons. The first-order chi connectivity index (χ1) is 10.0. The lowest BCUT2D eigenvalue weighted by atomic mass is 9.85. The summed E-state index contributed by atoms with van der Waals surface area (Å²) in [4.78, 5) is 0. The minimum Gasteiger partial charge on any atom is -0.398 e. The summed E-state index contributed by atoms with van der Waals surface area (Å²) in [5.74, 6) is 0. The SMILES string of the molecule is CC1(C)OB(c2ccnn2COCC[Si](C)(C)C)OC1(C)C. The second-order valence-corrected chi connectivity index (χ2v) is 13.8. The molecular weight excluding hydrogens is 295 g/mol. The molecule has 2 heterocycles. The zero-order valence-corrected chi connectivity index (χ0v) is 16.0. The fourth-order valence-corrected chi connectivity index (χ4v) is 2.90. The average Bonchev–Trinajstić information content (AvgIpc) is 2.87. The molecule has 0 bridgehead atoms. The largest absolute Gasteiger partial charge is 0.514 e. The van der Waals surface area contributed by atoms with Crippen LogP contribution in [-0.4, -0.2) is 42.8 Å². The van der Waals surface area contributed by atoms with E-state index in [1.165, 1.54) is 0 Å². The summed E-state index contributed by atoms with van der Waals surface area (Å²) in [7, 11) is -1.46. The van der Waals surface area contributed by atoms with Crippen LogP contribution in [0, 0.1) is 0 Å². The van der Waals surface area contributed by atoms with Crippen molar-refractivity contribution >= 4 is 20.8 Å². The molecule has 0 unspecified atom stereocenters. The van der Waals surface area contributed by atoms with E-state index in [9.17, 15) is 0 Å². The first-order valence-electron chi connectivity index (χ1n) is 7.97. The zero-order chi connectivity index (χ0) is 16.6. The normalized spacial score (nSPS) is 20.6. The fourth-order valence-electron chi connectivity index (χ4n) is 2.14. The molecule has 5 nitrogen and oxygen atoms in total. The zero-order valence-electron chi connectivity index (χ0n) is 15.0. The lowest BCUT2D eigenvalue weighted by molar-refractivity contribution is 0.00578. The maximum atomic E-state index is 6.08. The van der Waals surface area contributed by atoms with E-state index in [0.717, 1.165) is 18.2 Å². The molecule has 1 aliphatic heterocycles. The summed E-state index contributed by atoms with van der Waals surface area (Å²) in [6.07, 6.45) is 1.77. The van der Waals surface area contributed by atoms with Crippen molar-refractivity contribution in [3.8, 4) is 0 Å². The number of ether oxygens (including phenoxy) is 1. The summed E-state index contributed by atoms with van der Waals surface area (Å²) in [5.41, 5.74) is 0.225. The third-order valence-electron chi connectivity index (χ3n) is 4.45. The van der Waals surface area contributed by atoms with Gasteiger partial charge in [-0.2, -0.15) is 5.10 Å². The molecule has 22 heavy (non-hydrogen) atoms. The summed E-state index contributed by atoms with van der Waals surface area (Å²) in [6, 6.07) is 3.09. The molecule has 1 aromatic rings. The molecule has 0 N–H and O–H groups in total. The molecule has 0 aromatic carbocycles. The van der Waals surface area contributed by atoms with Crippen LogP contribution < -0.4 is 5.59 Å². The minimum absolute atomic E-state index is 0.342. The van der Waals surface area contributed by atoms with Gasteiger partial charge < -0.3 is 14.0 Å². The van der Waals surface area contributed by atoms with Crippen LogP contribution >= 0.6 is 0 Å². The van der Waals surface area contributed by atoms with Gasteiger partial charge in [0.2, 0.25) is 0 Å². The van der Waals surface area contributed by atoms with Gasteiger partial charge in [0.25, 0.3) is 0 Å². The molecule has 2 rings (SSSR count). The molecule has 0 amide bonds. The van der Waals surface area contributed by atoms with Crippen molar-refractivity contribution in [3.63, 3.8) is 0 Å². The summed E-state index contributed by atoms with van der Waals surface area (Å²) in [5, 5.41) is 4.33. The third-order valence-corrected chi connectivity index (χ3v) is 6.16. The van der Waals surface area contributed by atoms with Crippen molar-refractivity contribution in [1.82, 2.24) is 9.78 Å². The Morgan fingerprint density at radius 1 is 1.18 bits per heavy atom. The molecule has 0 spiro atoms. The Bertz CT molecular complexity index is 495. The van der Waals surface area contributed by atoms with Gasteiger partial charge in [-0.3, -0.25) is 0 Å². The smallest absolute Gasteiger partial charge is 0.398 e. The average molecular weight is 324 g/mol. The highest BCUT2D eigenvalue weighted by Gasteiger charge is 2.52. The van der Waals surface area contributed by atoms with E-state index in [-0.39, 0.29) is 11.2 Å². The summed E-state index contributed by atoms with van der Waals surface area (Å²) >= 11 is 0. The predicted octanol–water partition coefficient (Wildman–Crippen LogP) is 2.49. The number of rotatable bonds is 6. The van der Waals surface area contributed by atoms with E-state index < -0.39 is 15.2 Å². The standard InChI is InChI=1S/C15H29BN2O3Si/c1-14(2)15(3,4)21-16(20-14)13-8-9-17-18(13)12-19-10-11-22(5,6)7/h8-9H,10-12H2,1-7H3. The van der Waals surface area contributed by atoms with E-state index in [0.29, 0.717) is 6.73 Å². The van der Waals surface area contributed by atoms with Crippen molar-refractivity contribution in [2.45, 2.75) is 71.3 Å². The molecule has 0 atom stereocenters. The van der Waals surface area contributed by atoms with Gasteiger partial charge in [0.05, 0.1) is 16.8 Å². The molecule has 1 fully saturated rings. The summed E-state index contributed by atoms with van der Waals surface area (Å²) < 4.78 is 19.8. The lowest BCUT2D eigenvalue weighted by Gasteiger charge is -2.32. The van der Waals surface area contributed by atoms with Crippen LogP contribution in [0.2, 0.25) is 25.7 Å². The highest BCUT2D eigenvalue weighted by atomic mass is 28.3. The van der Waals surface area contributed by atoms with Crippen molar-refractivity contribution in [2.24, 2.45) is 0 Å². The van der Waals surface area contributed by atoms with Crippen molar-refractivity contribution in [1.29, 1.82) is 0 Å². The second kappa shape index (κ2) is 6.11. The van der Waals surface area contributed by atoms with Crippen LogP contribution in [0.3, 0.4) is 0 Å². The van der Waals surface area contributed by atoms with Gasteiger partial charge in [0.15, 0.2) is 0 Å². The van der Waals surface area contributed by atoms with Crippen molar-refractivity contribution in [3.05, 3.63) is 12.3 Å². The van der Waals surface area contributed by atoms with Gasteiger partial charge in [-0.05, 0) is 39.8 Å². The first-order valence-corrected chi connectivity index (χ1v) is 11.7. The lowest BCUT2D eigenvalue weighted by Crippen LogP contribution is -2.41. The Labute approximate surface area is 135 Å². The highest BCUT2D eigenvalue weighted by Crippen LogP contribution is 2.36. The Balaban J connectivity index is 1.96. The minimum atomic E-state index is -1.06. The number of aromatic nitrogens is 2. The Morgan fingerprint density at radius 3 is 2.32 bits per heavy atom. The van der Waals surface area contributed by atoms with Gasteiger partial charge in [-0.1, -0.05) is 19.6 Å². The Kier molecular flexibility index (Phi) is 4.92. The van der Waals surface area contributed by atoms with E-state index in [1.54, 1.807) is 6.20 Å². The van der Waals surface area contributed by atoms with Crippen LogP contribution in [-0.2, 0) is 20.8 Å².